The van der Waals surface area contributed by atoms with E-state index in [1.165, 1.54) is 24.7 Å². The Labute approximate surface area is 96.3 Å². The Morgan fingerprint density at radius 3 is 2.88 bits per heavy atom. The van der Waals surface area contributed by atoms with Crippen molar-refractivity contribution in [2.75, 3.05) is 0 Å². The Balaban J connectivity index is 2.57. The second kappa shape index (κ2) is 4.10. The second-order valence-corrected chi connectivity index (χ2v) is 3.50. The van der Waals surface area contributed by atoms with Crippen LogP contribution in [0.3, 0.4) is 0 Å². The molecule has 1 N–H and O–H groups in total. The zero-order valence-electron chi connectivity index (χ0n) is 8.98. The van der Waals surface area contributed by atoms with Crippen LogP contribution in [-0.4, -0.2) is 10.8 Å². The summed E-state index contributed by atoms with van der Waals surface area (Å²) in [7, 11) is 0. The molecule has 0 saturated carbocycles. The van der Waals surface area contributed by atoms with E-state index < -0.39 is 5.56 Å². The monoisotopic (exact) mass is 228 g/mol. The minimum atomic E-state index is -0.492. The average Bonchev–Trinajstić information content (AvgIpc) is 2.82. The van der Waals surface area contributed by atoms with Gasteiger partial charge in [0.1, 0.15) is 17.9 Å². The van der Waals surface area contributed by atoms with Crippen molar-refractivity contribution in [3.63, 3.8) is 0 Å². The molecule has 0 atom stereocenters. The van der Waals surface area contributed by atoms with E-state index in [-0.39, 0.29) is 11.3 Å². The zero-order chi connectivity index (χ0) is 12.4. The molecular formula is C12H8N2O3. The Bertz CT molecular complexity index is 660. The highest BCUT2D eigenvalue weighted by molar-refractivity contribution is 6.09. The summed E-state index contributed by atoms with van der Waals surface area (Å²) in [5.41, 5.74) is 0.531. The number of pyridine rings is 1. The first kappa shape index (κ1) is 10.9. The lowest BCUT2D eigenvalue weighted by atomic mass is 10.0. The van der Waals surface area contributed by atoms with Gasteiger partial charge < -0.3 is 9.40 Å². The summed E-state index contributed by atoms with van der Waals surface area (Å²) in [4.78, 5) is 25.8. The van der Waals surface area contributed by atoms with E-state index in [0.717, 1.165) is 0 Å². The van der Waals surface area contributed by atoms with Crippen molar-refractivity contribution in [2.24, 2.45) is 0 Å². The molecule has 0 radical (unpaired) electrons. The number of hydrogen-bond donors (Lipinski definition) is 1. The van der Waals surface area contributed by atoms with Crippen molar-refractivity contribution in [3.8, 4) is 6.07 Å². The van der Waals surface area contributed by atoms with Crippen LogP contribution in [-0.2, 0) is 0 Å². The smallest absolute Gasteiger partial charge is 0.266 e. The number of nitriles is 1. The second-order valence-electron chi connectivity index (χ2n) is 3.50. The largest absolute Gasteiger partial charge is 0.472 e. The molecule has 0 aliphatic rings. The summed E-state index contributed by atoms with van der Waals surface area (Å²) in [5, 5.41) is 8.75. The van der Waals surface area contributed by atoms with Gasteiger partial charge in [0.05, 0.1) is 11.8 Å². The molecule has 0 bridgehead atoms. The van der Waals surface area contributed by atoms with E-state index in [2.05, 4.69) is 4.98 Å². The van der Waals surface area contributed by atoms with Gasteiger partial charge in [0.2, 0.25) is 0 Å². The zero-order valence-corrected chi connectivity index (χ0v) is 8.98. The molecule has 0 aliphatic carbocycles. The number of rotatable bonds is 2. The Morgan fingerprint density at radius 2 is 2.29 bits per heavy atom. The fraction of sp³-hybridized carbons (Fsp3) is 0.0833. The maximum absolute atomic E-state index is 12.0. The Hall–Kier alpha value is -2.61. The van der Waals surface area contributed by atoms with Gasteiger partial charge in [-0.3, -0.25) is 9.59 Å². The number of furan rings is 1. The first-order valence-electron chi connectivity index (χ1n) is 4.84. The third-order valence-corrected chi connectivity index (χ3v) is 2.39. The van der Waals surface area contributed by atoms with E-state index in [1.54, 1.807) is 13.0 Å². The number of aryl methyl sites for hydroxylation is 1. The lowest BCUT2D eigenvalue weighted by Crippen LogP contribution is -2.16. The van der Waals surface area contributed by atoms with Crippen molar-refractivity contribution in [2.45, 2.75) is 6.92 Å². The fourth-order valence-electron chi connectivity index (χ4n) is 1.49. The van der Waals surface area contributed by atoms with Crippen LogP contribution in [0.15, 0.2) is 33.9 Å². The molecule has 2 rings (SSSR count). The summed E-state index contributed by atoms with van der Waals surface area (Å²) in [6.45, 7) is 1.61. The van der Waals surface area contributed by atoms with Crippen LogP contribution in [0.1, 0.15) is 27.2 Å². The molecule has 17 heavy (non-hydrogen) atoms. The summed E-state index contributed by atoms with van der Waals surface area (Å²) in [6, 6.07) is 4.57. The molecule has 0 amide bonds. The molecule has 0 aliphatic heterocycles. The molecule has 0 spiro atoms. The predicted octanol–water partition coefficient (Wildman–Crippen LogP) is 1.38. The highest BCUT2D eigenvalue weighted by Gasteiger charge is 2.15. The number of aromatic nitrogens is 1. The van der Waals surface area contributed by atoms with Crippen LogP contribution in [0.25, 0.3) is 0 Å². The van der Waals surface area contributed by atoms with E-state index in [0.29, 0.717) is 16.8 Å². The van der Waals surface area contributed by atoms with Gasteiger partial charge in [-0.25, -0.2) is 0 Å². The van der Waals surface area contributed by atoms with Crippen molar-refractivity contribution < 1.29 is 9.21 Å². The number of carbonyl (C=O) groups is 1. The minimum Gasteiger partial charge on any atom is -0.472 e. The van der Waals surface area contributed by atoms with E-state index in [1.807, 2.05) is 0 Å². The molecule has 2 aromatic heterocycles. The molecule has 5 nitrogen and oxygen atoms in total. The van der Waals surface area contributed by atoms with Crippen LogP contribution in [0, 0.1) is 18.3 Å². The fourth-order valence-corrected chi connectivity index (χ4v) is 1.49. The van der Waals surface area contributed by atoms with Gasteiger partial charge in [-0.1, -0.05) is 0 Å². The van der Waals surface area contributed by atoms with E-state index >= 15 is 0 Å². The van der Waals surface area contributed by atoms with Gasteiger partial charge in [-0.05, 0) is 19.1 Å². The third-order valence-electron chi connectivity index (χ3n) is 2.39. The maximum atomic E-state index is 12.0. The van der Waals surface area contributed by atoms with Gasteiger partial charge >= 0.3 is 0 Å². The molecule has 2 heterocycles. The first-order valence-corrected chi connectivity index (χ1v) is 4.84. The molecule has 84 valence electrons. The highest BCUT2D eigenvalue weighted by Crippen LogP contribution is 2.12. The van der Waals surface area contributed by atoms with Crippen LogP contribution >= 0.6 is 0 Å². The van der Waals surface area contributed by atoms with Gasteiger partial charge in [0.15, 0.2) is 5.78 Å². The lowest BCUT2D eigenvalue weighted by molar-refractivity contribution is 0.103. The maximum Gasteiger partial charge on any atom is 0.266 e. The van der Waals surface area contributed by atoms with Gasteiger partial charge in [0, 0.05) is 11.3 Å². The van der Waals surface area contributed by atoms with Crippen molar-refractivity contribution >= 4 is 5.78 Å². The Kier molecular flexibility index (Phi) is 2.63. The SMILES string of the molecule is Cc1[nH]c(=O)c(C#N)cc1C(=O)c1ccoc1. The predicted molar refractivity (Wildman–Crippen MR) is 58.7 cm³/mol. The summed E-state index contributed by atoms with van der Waals surface area (Å²) in [5.74, 6) is -0.288. The highest BCUT2D eigenvalue weighted by atomic mass is 16.3. The topological polar surface area (TPSA) is 86.9 Å². The molecule has 2 aromatic rings. The molecule has 0 aromatic carbocycles. The molecule has 0 saturated heterocycles. The lowest BCUT2D eigenvalue weighted by Gasteiger charge is -2.03. The van der Waals surface area contributed by atoms with Crippen LogP contribution in [0.2, 0.25) is 0 Å². The van der Waals surface area contributed by atoms with Crippen LogP contribution < -0.4 is 5.56 Å². The standard InChI is InChI=1S/C12H8N2O3/c1-7-10(4-9(5-13)12(16)14-7)11(15)8-2-3-17-6-8/h2-4,6H,1H3,(H,14,16). The van der Waals surface area contributed by atoms with Gasteiger partial charge in [-0.15, -0.1) is 0 Å². The molecular weight excluding hydrogens is 220 g/mol. The summed E-state index contributed by atoms with van der Waals surface area (Å²) in [6.07, 6.45) is 2.71. The number of nitrogens with one attached hydrogen (secondary N) is 1. The molecule has 5 heteroatoms. The Morgan fingerprint density at radius 1 is 1.53 bits per heavy atom. The van der Waals surface area contributed by atoms with Crippen molar-refractivity contribution in [1.29, 1.82) is 5.26 Å². The van der Waals surface area contributed by atoms with Crippen molar-refractivity contribution in [3.05, 3.63) is 57.4 Å². The number of carbonyl (C=O) groups excluding carboxylic acids is 1. The number of H-pyrrole nitrogens is 1. The van der Waals surface area contributed by atoms with E-state index in [9.17, 15) is 9.59 Å². The summed E-state index contributed by atoms with van der Waals surface area (Å²) >= 11 is 0. The first-order chi connectivity index (χ1) is 8.13. The summed E-state index contributed by atoms with van der Waals surface area (Å²) < 4.78 is 4.82. The third kappa shape index (κ3) is 1.88. The molecule has 0 unspecified atom stereocenters. The van der Waals surface area contributed by atoms with Crippen LogP contribution in [0.4, 0.5) is 0 Å². The van der Waals surface area contributed by atoms with Gasteiger partial charge in [-0.2, -0.15) is 5.26 Å². The van der Waals surface area contributed by atoms with Crippen molar-refractivity contribution in [1.82, 2.24) is 4.98 Å². The normalized spacial score (nSPS) is 9.88. The average molecular weight is 228 g/mol. The van der Waals surface area contributed by atoms with Crippen LogP contribution in [0.5, 0.6) is 0 Å². The molecule has 0 fully saturated rings. The number of hydrogen-bond acceptors (Lipinski definition) is 4. The van der Waals surface area contributed by atoms with Gasteiger partial charge in [0.25, 0.3) is 5.56 Å². The minimum absolute atomic E-state index is 0.0811. The quantitative estimate of drug-likeness (QED) is 0.786. The van der Waals surface area contributed by atoms with E-state index in [4.69, 9.17) is 9.68 Å². The number of ketones is 1. The number of nitrogens with zero attached hydrogens (tertiary/aromatic N) is 1. The number of aromatic amines is 1.